The number of benzene rings is 1. The molecule has 0 spiro atoms. The molecule has 0 unspecified atom stereocenters. The third-order valence-electron chi connectivity index (χ3n) is 2.12. The van der Waals surface area contributed by atoms with E-state index in [1.165, 1.54) is 4.68 Å². The SMILES string of the molecule is Cn1cc(Cl)c(C(=O)Nc2cc(Cl)cc(Cl)c2)n1. The number of halogens is 3. The highest BCUT2D eigenvalue weighted by Gasteiger charge is 2.15. The molecule has 1 N–H and O–H groups in total. The molecule has 1 aromatic heterocycles. The van der Waals surface area contributed by atoms with Crippen molar-refractivity contribution in [2.24, 2.45) is 7.05 Å². The van der Waals surface area contributed by atoms with E-state index in [0.29, 0.717) is 15.7 Å². The molecule has 7 heteroatoms. The molecule has 18 heavy (non-hydrogen) atoms. The Balaban J connectivity index is 2.23. The van der Waals surface area contributed by atoms with Crippen molar-refractivity contribution < 1.29 is 4.79 Å². The maximum Gasteiger partial charge on any atom is 0.277 e. The van der Waals surface area contributed by atoms with Crippen LogP contribution in [0.4, 0.5) is 5.69 Å². The van der Waals surface area contributed by atoms with E-state index in [2.05, 4.69) is 10.4 Å². The molecule has 0 bridgehead atoms. The van der Waals surface area contributed by atoms with E-state index in [1.54, 1.807) is 31.4 Å². The van der Waals surface area contributed by atoms with Crippen molar-refractivity contribution in [3.63, 3.8) is 0 Å². The maximum atomic E-state index is 11.9. The van der Waals surface area contributed by atoms with E-state index in [1.807, 2.05) is 0 Å². The first-order valence-electron chi connectivity index (χ1n) is 4.92. The number of amides is 1. The number of rotatable bonds is 2. The van der Waals surface area contributed by atoms with Crippen molar-refractivity contribution in [3.8, 4) is 0 Å². The standard InChI is InChI=1S/C11H8Cl3N3O/c1-17-5-9(14)10(16-17)11(18)15-8-3-6(12)2-7(13)4-8/h2-5H,1H3,(H,15,18). The van der Waals surface area contributed by atoms with E-state index >= 15 is 0 Å². The van der Waals surface area contributed by atoms with Gasteiger partial charge in [0.15, 0.2) is 5.69 Å². The topological polar surface area (TPSA) is 46.9 Å². The molecule has 0 aliphatic rings. The van der Waals surface area contributed by atoms with Crippen LogP contribution in [0.5, 0.6) is 0 Å². The molecule has 1 amide bonds. The number of carbonyl (C=O) groups is 1. The van der Waals surface area contributed by atoms with Crippen LogP contribution in [0.1, 0.15) is 10.5 Å². The quantitative estimate of drug-likeness (QED) is 0.921. The van der Waals surface area contributed by atoms with Crippen LogP contribution in [0.3, 0.4) is 0 Å². The molecule has 4 nitrogen and oxygen atoms in total. The number of aryl methyl sites for hydroxylation is 1. The zero-order chi connectivity index (χ0) is 13.3. The molecule has 1 aromatic carbocycles. The second-order valence-electron chi connectivity index (χ2n) is 3.61. The summed E-state index contributed by atoms with van der Waals surface area (Å²) >= 11 is 17.5. The minimum Gasteiger partial charge on any atom is -0.320 e. The molecule has 2 rings (SSSR count). The van der Waals surface area contributed by atoms with Crippen LogP contribution in [-0.2, 0) is 7.05 Å². The fourth-order valence-electron chi connectivity index (χ4n) is 1.43. The highest BCUT2D eigenvalue weighted by Crippen LogP contribution is 2.23. The Labute approximate surface area is 118 Å². The summed E-state index contributed by atoms with van der Waals surface area (Å²) in [4.78, 5) is 11.9. The van der Waals surface area contributed by atoms with Gasteiger partial charge in [0.25, 0.3) is 5.91 Å². The van der Waals surface area contributed by atoms with Crippen molar-refractivity contribution in [1.82, 2.24) is 9.78 Å². The van der Waals surface area contributed by atoms with Gasteiger partial charge in [-0.25, -0.2) is 0 Å². The highest BCUT2D eigenvalue weighted by atomic mass is 35.5. The predicted molar refractivity (Wildman–Crippen MR) is 72.6 cm³/mol. The first-order valence-corrected chi connectivity index (χ1v) is 6.05. The van der Waals surface area contributed by atoms with E-state index in [-0.39, 0.29) is 10.7 Å². The molecule has 2 aromatic rings. The zero-order valence-electron chi connectivity index (χ0n) is 9.25. The lowest BCUT2D eigenvalue weighted by atomic mass is 10.3. The van der Waals surface area contributed by atoms with Crippen LogP contribution in [0.2, 0.25) is 15.1 Å². The summed E-state index contributed by atoms with van der Waals surface area (Å²) < 4.78 is 1.46. The third kappa shape index (κ3) is 2.96. The van der Waals surface area contributed by atoms with Gasteiger partial charge in [-0.3, -0.25) is 9.48 Å². The molecular weight excluding hydrogens is 296 g/mol. The summed E-state index contributed by atoms with van der Waals surface area (Å²) in [6, 6.07) is 4.75. The Kier molecular flexibility index (Phi) is 3.80. The fraction of sp³-hybridized carbons (Fsp3) is 0.0909. The third-order valence-corrected chi connectivity index (χ3v) is 2.83. The Morgan fingerprint density at radius 3 is 2.33 bits per heavy atom. The van der Waals surface area contributed by atoms with E-state index in [0.717, 1.165) is 0 Å². The molecule has 0 saturated heterocycles. The smallest absolute Gasteiger partial charge is 0.277 e. The molecular formula is C11H8Cl3N3O. The zero-order valence-corrected chi connectivity index (χ0v) is 11.5. The minimum absolute atomic E-state index is 0.148. The van der Waals surface area contributed by atoms with Gasteiger partial charge in [0.2, 0.25) is 0 Å². The van der Waals surface area contributed by atoms with E-state index < -0.39 is 5.91 Å². The van der Waals surface area contributed by atoms with Gasteiger partial charge in [-0.15, -0.1) is 0 Å². The summed E-state index contributed by atoms with van der Waals surface area (Å²) in [6.45, 7) is 0. The van der Waals surface area contributed by atoms with Gasteiger partial charge in [0.1, 0.15) is 0 Å². The van der Waals surface area contributed by atoms with Crippen LogP contribution < -0.4 is 5.32 Å². The van der Waals surface area contributed by atoms with Gasteiger partial charge in [-0.2, -0.15) is 5.10 Å². The van der Waals surface area contributed by atoms with Gasteiger partial charge in [-0.05, 0) is 18.2 Å². The van der Waals surface area contributed by atoms with Crippen molar-refractivity contribution in [2.75, 3.05) is 5.32 Å². The largest absolute Gasteiger partial charge is 0.320 e. The average Bonchev–Trinajstić information content (AvgIpc) is 2.56. The van der Waals surface area contributed by atoms with Crippen LogP contribution >= 0.6 is 34.8 Å². The monoisotopic (exact) mass is 303 g/mol. The van der Waals surface area contributed by atoms with Gasteiger partial charge in [-0.1, -0.05) is 34.8 Å². The number of hydrogen-bond acceptors (Lipinski definition) is 2. The van der Waals surface area contributed by atoms with Crippen molar-refractivity contribution in [2.45, 2.75) is 0 Å². The molecule has 0 atom stereocenters. The maximum absolute atomic E-state index is 11.9. The summed E-state index contributed by atoms with van der Waals surface area (Å²) in [5.74, 6) is -0.418. The van der Waals surface area contributed by atoms with Crippen LogP contribution in [0.25, 0.3) is 0 Å². The number of nitrogens with zero attached hydrogens (tertiary/aromatic N) is 2. The number of carbonyl (C=O) groups excluding carboxylic acids is 1. The molecule has 0 fully saturated rings. The molecule has 1 heterocycles. The Bertz CT molecular complexity index is 589. The molecule has 94 valence electrons. The second kappa shape index (κ2) is 5.18. The van der Waals surface area contributed by atoms with Crippen LogP contribution in [-0.4, -0.2) is 15.7 Å². The second-order valence-corrected chi connectivity index (χ2v) is 4.89. The first kappa shape index (κ1) is 13.2. The average molecular weight is 305 g/mol. The summed E-state index contributed by atoms with van der Waals surface area (Å²) in [5, 5.41) is 7.73. The Morgan fingerprint density at radius 1 is 1.22 bits per heavy atom. The summed E-state index contributed by atoms with van der Waals surface area (Å²) in [6.07, 6.45) is 1.54. The van der Waals surface area contributed by atoms with Crippen LogP contribution in [0.15, 0.2) is 24.4 Å². The summed E-state index contributed by atoms with van der Waals surface area (Å²) in [7, 11) is 1.68. The molecule has 0 saturated carbocycles. The Morgan fingerprint density at radius 2 is 1.83 bits per heavy atom. The summed E-state index contributed by atoms with van der Waals surface area (Å²) in [5.41, 5.74) is 0.634. The molecule has 0 radical (unpaired) electrons. The fourth-order valence-corrected chi connectivity index (χ4v) is 2.22. The van der Waals surface area contributed by atoms with Crippen molar-refractivity contribution in [1.29, 1.82) is 0 Å². The van der Waals surface area contributed by atoms with E-state index in [9.17, 15) is 4.79 Å². The predicted octanol–water partition coefficient (Wildman–Crippen LogP) is 3.63. The Hall–Kier alpha value is -1.23. The molecule has 0 aliphatic heterocycles. The molecule has 0 aliphatic carbocycles. The number of hydrogen-bond donors (Lipinski definition) is 1. The first-order chi connectivity index (χ1) is 8.45. The highest BCUT2D eigenvalue weighted by molar-refractivity contribution is 6.35. The lowest BCUT2D eigenvalue weighted by molar-refractivity contribution is 0.102. The van der Waals surface area contributed by atoms with Crippen LogP contribution in [0, 0.1) is 0 Å². The van der Waals surface area contributed by atoms with Gasteiger partial charge in [0, 0.05) is 29.0 Å². The van der Waals surface area contributed by atoms with E-state index in [4.69, 9.17) is 34.8 Å². The van der Waals surface area contributed by atoms with Gasteiger partial charge < -0.3 is 5.32 Å². The minimum atomic E-state index is -0.418. The number of aromatic nitrogens is 2. The van der Waals surface area contributed by atoms with Crippen molar-refractivity contribution in [3.05, 3.63) is 45.2 Å². The number of anilines is 1. The lowest BCUT2D eigenvalue weighted by Crippen LogP contribution is -2.13. The lowest BCUT2D eigenvalue weighted by Gasteiger charge is -2.04. The van der Waals surface area contributed by atoms with Crippen molar-refractivity contribution >= 4 is 46.4 Å². The van der Waals surface area contributed by atoms with Gasteiger partial charge >= 0.3 is 0 Å². The normalized spacial score (nSPS) is 10.4. The number of nitrogens with one attached hydrogen (secondary N) is 1. The van der Waals surface area contributed by atoms with Gasteiger partial charge in [0.05, 0.1) is 5.02 Å².